The zero-order chi connectivity index (χ0) is 21.9. The second-order valence-corrected chi connectivity index (χ2v) is 7.11. The fourth-order valence-electron chi connectivity index (χ4n) is 3.23. The van der Waals surface area contributed by atoms with Gasteiger partial charge in [-0.15, -0.1) is 0 Å². The van der Waals surface area contributed by atoms with Gasteiger partial charge in [-0.1, -0.05) is 42.5 Å². The fraction of sp³-hybridized carbons (Fsp3) is 0.292. The molecule has 1 amide bonds. The molecule has 0 unspecified atom stereocenters. The number of carbonyl (C=O) groups excluding carboxylic acids is 1. The topological polar surface area (TPSA) is 74.6 Å². The highest BCUT2D eigenvalue weighted by Crippen LogP contribution is 2.09. The van der Waals surface area contributed by atoms with Crippen LogP contribution in [0.15, 0.2) is 78.0 Å². The number of aromatic nitrogens is 2. The molecular formula is C24H30N6O. The molecule has 0 aliphatic heterocycles. The molecule has 3 aromatic rings. The number of aliphatic imine (C=N–C) groups is 1. The molecule has 3 rings (SSSR count). The van der Waals surface area contributed by atoms with Gasteiger partial charge >= 0.3 is 0 Å². The van der Waals surface area contributed by atoms with Crippen molar-refractivity contribution in [2.45, 2.75) is 19.9 Å². The Hall–Kier alpha value is -3.61. The van der Waals surface area contributed by atoms with E-state index < -0.39 is 0 Å². The Morgan fingerprint density at radius 1 is 1.03 bits per heavy atom. The van der Waals surface area contributed by atoms with E-state index in [9.17, 15) is 4.79 Å². The van der Waals surface area contributed by atoms with E-state index in [0.717, 1.165) is 24.2 Å². The Bertz CT molecular complexity index is 952. The van der Waals surface area contributed by atoms with Gasteiger partial charge in [0.05, 0.1) is 12.2 Å². The maximum atomic E-state index is 12.6. The third-order valence-electron chi connectivity index (χ3n) is 4.99. The van der Waals surface area contributed by atoms with Gasteiger partial charge in [0.15, 0.2) is 5.96 Å². The van der Waals surface area contributed by atoms with Crippen LogP contribution in [0.25, 0.3) is 5.69 Å². The van der Waals surface area contributed by atoms with E-state index in [4.69, 9.17) is 0 Å². The first-order valence-corrected chi connectivity index (χ1v) is 10.5. The van der Waals surface area contributed by atoms with Crippen LogP contribution in [0.2, 0.25) is 0 Å². The van der Waals surface area contributed by atoms with E-state index in [1.54, 1.807) is 13.2 Å². The van der Waals surface area contributed by atoms with Crippen molar-refractivity contribution < 1.29 is 4.79 Å². The van der Waals surface area contributed by atoms with Crippen molar-refractivity contribution in [1.82, 2.24) is 25.3 Å². The van der Waals surface area contributed by atoms with E-state index in [1.807, 2.05) is 59.1 Å². The smallest absolute Gasteiger partial charge is 0.242 e. The molecule has 31 heavy (non-hydrogen) atoms. The second-order valence-electron chi connectivity index (χ2n) is 7.11. The Balaban J connectivity index is 1.42. The third-order valence-corrected chi connectivity index (χ3v) is 4.99. The van der Waals surface area contributed by atoms with Gasteiger partial charge in [-0.05, 0) is 42.7 Å². The van der Waals surface area contributed by atoms with Crippen LogP contribution in [0.1, 0.15) is 18.1 Å². The van der Waals surface area contributed by atoms with Crippen LogP contribution < -0.4 is 10.6 Å². The number of hydrogen-bond donors (Lipinski definition) is 2. The molecule has 2 aromatic carbocycles. The Labute approximate surface area is 183 Å². The molecule has 0 saturated carbocycles. The van der Waals surface area contributed by atoms with Crippen molar-refractivity contribution in [2.75, 3.05) is 26.7 Å². The quantitative estimate of drug-likeness (QED) is 0.414. The van der Waals surface area contributed by atoms with Crippen LogP contribution in [0.3, 0.4) is 0 Å². The largest absolute Gasteiger partial charge is 0.356 e. The number of likely N-dealkylation sites (N-methyl/N-ethyl adjacent to an activating group) is 1. The molecule has 0 saturated heterocycles. The zero-order valence-electron chi connectivity index (χ0n) is 18.2. The first-order chi connectivity index (χ1) is 15.2. The van der Waals surface area contributed by atoms with E-state index in [1.165, 1.54) is 5.56 Å². The van der Waals surface area contributed by atoms with Crippen molar-refractivity contribution in [1.29, 1.82) is 0 Å². The molecule has 7 nitrogen and oxygen atoms in total. The Morgan fingerprint density at radius 3 is 2.45 bits per heavy atom. The maximum Gasteiger partial charge on any atom is 0.242 e. The predicted octanol–water partition coefficient (Wildman–Crippen LogP) is 2.63. The van der Waals surface area contributed by atoms with Gasteiger partial charge in [0.1, 0.15) is 0 Å². The van der Waals surface area contributed by atoms with Crippen LogP contribution in [0.4, 0.5) is 0 Å². The highest BCUT2D eigenvalue weighted by Gasteiger charge is 2.12. The zero-order valence-corrected chi connectivity index (χ0v) is 18.2. The third kappa shape index (κ3) is 6.70. The predicted molar refractivity (Wildman–Crippen MR) is 124 cm³/mol. The van der Waals surface area contributed by atoms with E-state index in [-0.39, 0.29) is 12.5 Å². The molecule has 0 bridgehead atoms. The number of hydrogen-bond acceptors (Lipinski definition) is 3. The van der Waals surface area contributed by atoms with Crippen LogP contribution in [-0.4, -0.2) is 53.2 Å². The minimum absolute atomic E-state index is 0.0449. The van der Waals surface area contributed by atoms with Crippen molar-refractivity contribution in [3.05, 3.63) is 84.2 Å². The van der Waals surface area contributed by atoms with Gasteiger partial charge in [-0.2, -0.15) is 5.10 Å². The molecule has 0 atom stereocenters. The molecule has 7 heteroatoms. The van der Waals surface area contributed by atoms with Crippen molar-refractivity contribution in [3.8, 4) is 5.69 Å². The summed E-state index contributed by atoms with van der Waals surface area (Å²) in [6.45, 7) is 4.19. The monoisotopic (exact) mass is 418 g/mol. The number of nitrogens with zero attached hydrogens (tertiary/aromatic N) is 4. The maximum absolute atomic E-state index is 12.6. The standard InChI is InChI=1S/C24H30N6O/c1-3-29(19-21-8-5-4-6-9-21)23(31)18-27-24(25-2)26-16-14-20-10-12-22(13-11-20)30-17-7-15-28-30/h4-13,15,17H,3,14,16,18-19H2,1-2H3,(H2,25,26,27). The lowest BCUT2D eigenvalue weighted by molar-refractivity contribution is -0.130. The number of carbonyl (C=O) groups is 1. The average molecular weight is 419 g/mol. The SMILES string of the molecule is CCN(Cc1ccccc1)C(=O)CNC(=NC)NCCc1ccc(-n2cccn2)cc1. The van der Waals surface area contributed by atoms with Crippen molar-refractivity contribution in [3.63, 3.8) is 0 Å². The van der Waals surface area contributed by atoms with Crippen molar-refractivity contribution >= 4 is 11.9 Å². The van der Waals surface area contributed by atoms with Gasteiger partial charge in [0.25, 0.3) is 0 Å². The van der Waals surface area contributed by atoms with E-state index in [2.05, 4.69) is 45.0 Å². The van der Waals surface area contributed by atoms with Gasteiger partial charge in [-0.3, -0.25) is 9.79 Å². The van der Waals surface area contributed by atoms with Crippen LogP contribution in [0, 0.1) is 0 Å². The molecular weight excluding hydrogens is 388 g/mol. The number of amides is 1. The highest BCUT2D eigenvalue weighted by atomic mass is 16.2. The molecule has 0 aliphatic rings. The fourth-order valence-corrected chi connectivity index (χ4v) is 3.23. The van der Waals surface area contributed by atoms with Crippen LogP contribution in [-0.2, 0) is 17.8 Å². The minimum Gasteiger partial charge on any atom is -0.356 e. The summed E-state index contributed by atoms with van der Waals surface area (Å²) in [5.41, 5.74) is 3.38. The molecule has 162 valence electrons. The number of nitrogens with one attached hydrogen (secondary N) is 2. The van der Waals surface area contributed by atoms with Gasteiger partial charge in [-0.25, -0.2) is 4.68 Å². The summed E-state index contributed by atoms with van der Waals surface area (Å²) in [6, 6.07) is 20.2. The molecule has 0 radical (unpaired) electrons. The van der Waals surface area contributed by atoms with Crippen LogP contribution >= 0.6 is 0 Å². The average Bonchev–Trinajstić information content (AvgIpc) is 3.35. The van der Waals surface area contributed by atoms with Gasteiger partial charge < -0.3 is 15.5 Å². The molecule has 2 N–H and O–H groups in total. The summed E-state index contributed by atoms with van der Waals surface area (Å²) in [7, 11) is 1.71. The summed E-state index contributed by atoms with van der Waals surface area (Å²) >= 11 is 0. The molecule has 0 spiro atoms. The van der Waals surface area contributed by atoms with Crippen molar-refractivity contribution in [2.24, 2.45) is 4.99 Å². The summed E-state index contributed by atoms with van der Waals surface area (Å²) in [4.78, 5) is 18.6. The van der Waals surface area contributed by atoms with E-state index in [0.29, 0.717) is 19.0 Å². The van der Waals surface area contributed by atoms with Gasteiger partial charge in [0.2, 0.25) is 5.91 Å². The lowest BCUT2D eigenvalue weighted by atomic mass is 10.1. The highest BCUT2D eigenvalue weighted by molar-refractivity contribution is 5.86. The van der Waals surface area contributed by atoms with E-state index >= 15 is 0 Å². The lowest BCUT2D eigenvalue weighted by Gasteiger charge is -2.22. The summed E-state index contributed by atoms with van der Waals surface area (Å²) in [6.07, 6.45) is 4.54. The molecule has 1 heterocycles. The normalized spacial score (nSPS) is 11.2. The Kier molecular flexibility index (Phi) is 8.22. The minimum atomic E-state index is 0.0449. The lowest BCUT2D eigenvalue weighted by Crippen LogP contribution is -2.44. The number of guanidine groups is 1. The summed E-state index contributed by atoms with van der Waals surface area (Å²) in [5, 5.41) is 10.6. The molecule has 0 fully saturated rings. The van der Waals surface area contributed by atoms with Gasteiger partial charge in [0, 0.05) is 39.1 Å². The first kappa shape index (κ1) is 22.1. The number of benzene rings is 2. The van der Waals surface area contributed by atoms with Crippen LogP contribution in [0.5, 0.6) is 0 Å². The first-order valence-electron chi connectivity index (χ1n) is 10.5. The second kappa shape index (κ2) is 11.5. The number of rotatable bonds is 9. The summed E-state index contributed by atoms with van der Waals surface area (Å²) in [5.74, 6) is 0.667. The summed E-state index contributed by atoms with van der Waals surface area (Å²) < 4.78 is 1.84. The molecule has 0 aliphatic carbocycles. The molecule has 1 aromatic heterocycles. The Morgan fingerprint density at radius 2 is 1.81 bits per heavy atom.